The highest BCUT2D eigenvalue weighted by Gasteiger charge is 2.68. The molecule has 0 unspecified atom stereocenters. The number of phenols is 1. The minimum absolute atomic E-state index is 0.0570. The van der Waals surface area contributed by atoms with Crippen molar-refractivity contribution in [3.05, 3.63) is 35.2 Å². The van der Waals surface area contributed by atoms with Crippen LogP contribution in [-0.2, 0) is 6.18 Å². The van der Waals surface area contributed by atoms with Crippen molar-refractivity contribution in [2.45, 2.75) is 37.9 Å². The van der Waals surface area contributed by atoms with Crippen LogP contribution in [0.5, 0.6) is 5.75 Å². The summed E-state index contributed by atoms with van der Waals surface area (Å²) >= 11 is 0. The molecule has 0 atom stereocenters. The van der Waals surface area contributed by atoms with Crippen molar-refractivity contribution >= 4 is 12.0 Å². The van der Waals surface area contributed by atoms with Crippen molar-refractivity contribution in [3.63, 3.8) is 0 Å². The number of nitriles is 1. The van der Waals surface area contributed by atoms with Gasteiger partial charge >= 0.3 is 6.18 Å². The molecule has 3 saturated carbocycles. The number of nitrogens with two attached hydrogens (primary N) is 1. The van der Waals surface area contributed by atoms with Gasteiger partial charge in [0, 0.05) is 5.56 Å². The summed E-state index contributed by atoms with van der Waals surface area (Å²) in [6, 6.07) is 3.90. The molecule has 0 amide bonds. The van der Waals surface area contributed by atoms with Crippen molar-refractivity contribution < 1.29 is 18.3 Å². The number of benzene rings is 1. The molecule has 1 aromatic carbocycles. The second kappa shape index (κ2) is 5.67. The van der Waals surface area contributed by atoms with Crippen LogP contribution in [-0.4, -0.2) is 26.8 Å². The van der Waals surface area contributed by atoms with Gasteiger partial charge in [-0.15, -0.1) is 0 Å². The number of nitrogen functional groups attached to an aromatic ring is 1. The number of alkyl halides is 3. The van der Waals surface area contributed by atoms with Gasteiger partial charge in [-0.05, 0) is 43.9 Å². The standard InChI is InChI=1S/C19H16F3N5O/c1-10-2-11(19(20,21)22)3-14(28)15(10)12-4-25-13(16(24)27-12)5-26-18-6-17(7-18,8-18)9-23/h2-5,28H,6-8H2,1H3,(H2,24,27). The van der Waals surface area contributed by atoms with Crippen LogP contribution in [0.25, 0.3) is 11.3 Å². The summed E-state index contributed by atoms with van der Waals surface area (Å²) < 4.78 is 38.6. The van der Waals surface area contributed by atoms with Crippen LogP contribution < -0.4 is 5.73 Å². The Morgan fingerprint density at radius 2 is 2.00 bits per heavy atom. The van der Waals surface area contributed by atoms with Crippen LogP contribution in [0.3, 0.4) is 0 Å². The van der Waals surface area contributed by atoms with E-state index >= 15 is 0 Å². The monoisotopic (exact) mass is 387 g/mol. The molecule has 3 N–H and O–H groups in total. The first-order valence-electron chi connectivity index (χ1n) is 8.57. The van der Waals surface area contributed by atoms with Crippen LogP contribution in [0.1, 0.15) is 36.1 Å². The Bertz CT molecular complexity index is 1010. The lowest BCUT2D eigenvalue weighted by molar-refractivity contribution is -0.137. The van der Waals surface area contributed by atoms with E-state index in [1.807, 2.05) is 0 Å². The molecule has 9 heteroatoms. The molecule has 0 spiro atoms. The van der Waals surface area contributed by atoms with E-state index in [2.05, 4.69) is 21.0 Å². The van der Waals surface area contributed by atoms with Crippen molar-refractivity contribution in [1.29, 1.82) is 5.26 Å². The molecule has 3 aliphatic carbocycles. The van der Waals surface area contributed by atoms with Crippen LogP contribution >= 0.6 is 0 Å². The molecular weight excluding hydrogens is 371 g/mol. The van der Waals surface area contributed by atoms with E-state index in [-0.39, 0.29) is 33.6 Å². The lowest BCUT2D eigenvalue weighted by Gasteiger charge is -2.64. The van der Waals surface area contributed by atoms with Gasteiger partial charge < -0.3 is 10.8 Å². The topological polar surface area (TPSA) is 108 Å². The third kappa shape index (κ3) is 2.76. The second-order valence-electron chi connectivity index (χ2n) is 7.62. The fourth-order valence-corrected chi connectivity index (χ4v) is 4.09. The average molecular weight is 387 g/mol. The number of aromatic hydroxyl groups is 1. The summed E-state index contributed by atoms with van der Waals surface area (Å²) in [4.78, 5) is 12.9. The highest BCUT2D eigenvalue weighted by molar-refractivity contribution is 5.84. The number of rotatable bonds is 3. The fraction of sp³-hybridized carbons (Fsp3) is 0.368. The maximum absolute atomic E-state index is 12.9. The Morgan fingerprint density at radius 3 is 2.54 bits per heavy atom. The zero-order chi connectivity index (χ0) is 20.3. The molecule has 0 radical (unpaired) electrons. The van der Waals surface area contributed by atoms with Gasteiger partial charge in [0.2, 0.25) is 0 Å². The maximum Gasteiger partial charge on any atom is 0.416 e. The molecule has 1 heterocycles. The molecule has 6 nitrogen and oxygen atoms in total. The summed E-state index contributed by atoms with van der Waals surface area (Å²) in [5.41, 5.74) is 5.44. The molecule has 2 bridgehead atoms. The first-order valence-corrected chi connectivity index (χ1v) is 8.57. The lowest BCUT2D eigenvalue weighted by atomic mass is 9.40. The van der Waals surface area contributed by atoms with Gasteiger partial charge in [0.1, 0.15) is 11.4 Å². The number of aryl methyl sites for hydroxylation is 1. The normalized spacial score (nSPS) is 25.8. The number of hydrogen-bond acceptors (Lipinski definition) is 6. The van der Waals surface area contributed by atoms with Crippen molar-refractivity contribution in [2.75, 3.05) is 5.73 Å². The summed E-state index contributed by atoms with van der Waals surface area (Å²) in [6.07, 6.45) is 0.500. The van der Waals surface area contributed by atoms with Gasteiger partial charge in [-0.2, -0.15) is 18.4 Å². The van der Waals surface area contributed by atoms with Gasteiger partial charge in [0.25, 0.3) is 0 Å². The van der Waals surface area contributed by atoms with Crippen LogP contribution in [0.2, 0.25) is 0 Å². The summed E-state index contributed by atoms with van der Waals surface area (Å²) in [5.74, 6) is -0.486. The van der Waals surface area contributed by atoms with Crippen LogP contribution in [0.4, 0.5) is 19.0 Å². The minimum Gasteiger partial charge on any atom is -0.507 e. The molecule has 0 aliphatic heterocycles. The van der Waals surface area contributed by atoms with Gasteiger partial charge in [-0.25, -0.2) is 9.97 Å². The van der Waals surface area contributed by atoms with Gasteiger partial charge in [0.05, 0.1) is 40.7 Å². The van der Waals surface area contributed by atoms with E-state index in [4.69, 9.17) is 11.0 Å². The average Bonchev–Trinajstić information content (AvgIpc) is 2.52. The van der Waals surface area contributed by atoms with Gasteiger partial charge in [-0.1, -0.05) is 0 Å². The molecule has 144 valence electrons. The SMILES string of the molecule is Cc1cc(C(F)(F)F)cc(O)c1-c1cnc(C=NC23CC(C#N)(C2)C3)c(N)n1. The van der Waals surface area contributed by atoms with E-state index in [0.717, 1.165) is 25.3 Å². The smallest absolute Gasteiger partial charge is 0.416 e. The third-order valence-electron chi connectivity index (χ3n) is 5.43. The van der Waals surface area contributed by atoms with Crippen molar-refractivity contribution in [1.82, 2.24) is 9.97 Å². The summed E-state index contributed by atoms with van der Waals surface area (Å²) in [7, 11) is 0. The van der Waals surface area contributed by atoms with E-state index in [0.29, 0.717) is 11.8 Å². The van der Waals surface area contributed by atoms with Crippen LogP contribution in [0, 0.1) is 23.7 Å². The van der Waals surface area contributed by atoms with E-state index < -0.39 is 17.5 Å². The number of phenolic OH excluding ortho intramolecular Hbond substituents is 1. The molecule has 5 rings (SSSR count). The third-order valence-corrected chi connectivity index (χ3v) is 5.43. The Morgan fingerprint density at radius 1 is 1.32 bits per heavy atom. The highest BCUT2D eigenvalue weighted by atomic mass is 19.4. The van der Waals surface area contributed by atoms with Crippen molar-refractivity contribution in [3.8, 4) is 23.1 Å². The molecular formula is C19H16F3N5O. The number of halogens is 3. The quantitative estimate of drug-likeness (QED) is 0.782. The molecule has 2 aromatic rings. The van der Waals surface area contributed by atoms with Crippen LogP contribution in [0.15, 0.2) is 23.3 Å². The minimum atomic E-state index is -4.56. The second-order valence-corrected chi connectivity index (χ2v) is 7.62. The molecule has 1 aromatic heterocycles. The zero-order valence-electron chi connectivity index (χ0n) is 14.9. The molecule has 28 heavy (non-hydrogen) atoms. The number of aliphatic imine (C=N–C) groups is 1. The Kier molecular flexibility index (Phi) is 3.69. The number of nitrogens with zero attached hydrogens (tertiary/aromatic N) is 4. The highest BCUT2D eigenvalue weighted by Crippen LogP contribution is 2.68. The molecule has 3 aliphatic rings. The predicted molar refractivity (Wildman–Crippen MR) is 95.5 cm³/mol. The van der Waals surface area contributed by atoms with Crippen molar-refractivity contribution in [2.24, 2.45) is 10.4 Å². The lowest BCUT2D eigenvalue weighted by Crippen LogP contribution is -2.65. The number of aromatic nitrogens is 2. The van der Waals surface area contributed by atoms with Gasteiger partial charge in [0.15, 0.2) is 5.82 Å². The number of hydrogen-bond donors (Lipinski definition) is 2. The Balaban J connectivity index is 1.60. The van der Waals surface area contributed by atoms with E-state index in [1.165, 1.54) is 19.3 Å². The van der Waals surface area contributed by atoms with Gasteiger partial charge in [-0.3, -0.25) is 4.99 Å². The maximum atomic E-state index is 12.9. The molecule has 3 fully saturated rings. The largest absolute Gasteiger partial charge is 0.507 e. The van der Waals surface area contributed by atoms with E-state index in [9.17, 15) is 18.3 Å². The first kappa shape index (κ1) is 18.2. The van der Waals surface area contributed by atoms with E-state index in [1.54, 1.807) is 0 Å². The fourth-order valence-electron chi connectivity index (χ4n) is 4.09. The molecule has 0 saturated heterocycles. The number of anilines is 1. The summed E-state index contributed by atoms with van der Waals surface area (Å²) in [6.45, 7) is 1.45. The summed E-state index contributed by atoms with van der Waals surface area (Å²) in [5, 5.41) is 19.1. The Labute approximate surface area is 158 Å². The zero-order valence-corrected chi connectivity index (χ0v) is 14.9. The first-order chi connectivity index (χ1) is 13.1. The Hall–Kier alpha value is -3.15. The predicted octanol–water partition coefficient (Wildman–Crippen LogP) is 3.62.